The third-order valence-electron chi connectivity index (χ3n) is 8.55. The van der Waals surface area contributed by atoms with E-state index in [0.717, 1.165) is 29.3 Å². The molecule has 1 aliphatic heterocycles. The Morgan fingerprint density at radius 1 is 0.915 bits per heavy atom. The van der Waals surface area contributed by atoms with Crippen LogP contribution in [-0.2, 0) is 43.8 Å². The lowest BCUT2D eigenvalue weighted by Gasteiger charge is -2.33. The molecule has 3 aromatic carbocycles. The first-order valence-corrected chi connectivity index (χ1v) is 14.7. The van der Waals surface area contributed by atoms with Crippen LogP contribution in [0.2, 0.25) is 0 Å². The molecular formula is C33H31F8N5O. The summed E-state index contributed by atoms with van der Waals surface area (Å²) in [5.74, 6) is -1.92. The molecule has 6 nitrogen and oxygen atoms in total. The molecule has 3 N–H and O–H groups in total. The lowest BCUT2D eigenvalue weighted by molar-refractivity contribution is -0.143. The molecule has 1 aromatic heterocycles. The standard InChI is InChI=1S/C33H31F8N5O/c1-5-17-8-7-9-18(6-2)27(17)46-28(21-13-25(35)26(14-24(21)34)43-30(42)47)22-16-45(31(3,4)29(22)44-46)15-19-10-11-20(32(36,37)38)12-23(19)33(39,40)41/h7-14H,5-6,15-16H2,1-4H3,(H3,42,43,47). The van der Waals surface area contributed by atoms with E-state index in [2.05, 4.69) is 0 Å². The number of nitrogens with zero attached hydrogens (tertiary/aromatic N) is 3. The molecule has 0 fully saturated rings. The summed E-state index contributed by atoms with van der Waals surface area (Å²) in [6.45, 7) is 6.73. The fourth-order valence-corrected chi connectivity index (χ4v) is 6.13. The Morgan fingerprint density at radius 3 is 2.11 bits per heavy atom. The number of aryl methyl sites for hydroxylation is 2. The number of carbonyl (C=O) groups is 1. The van der Waals surface area contributed by atoms with Crippen LogP contribution in [0, 0.1) is 11.6 Å². The van der Waals surface area contributed by atoms with Gasteiger partial charge in [-0.2, -0.15) is 31.4 Å². The fraction of sp³-hybridized carbons (Fsp3) is 0.333. The molecule has 0 atom stereocenters. The summed E-state index contributed by atoms with van der Waals surface area (Å²) in [5, 5.41) is 6.91. The molecule has 4 aromatic rings. The highest BCUT2D eigenvalue weighted by molar-refractivity contribution is 5.88. The number of primary amides is 1. The third-order valence-corrected chi connectivity index (χ3v) is 8.55. The summed E-state index contributed by atoms with van der Waals surface area (Å²) in [7, 11) is 0. The summed E-state index contributed by atoms with van der Waals surface area (Å²) in [5.41, 5.74) is 3.34. The highest BCUT2D eigenvalue weighted by Gasteiger charge is 2.45. The second kappa shape index (κ2) is 12.0. The maximum absolute atomic E-state index is 15.9. The second-order valence-corrected chi connectivity index (χ2v) is 11.8. The highest BCUT2D eigenvalue weighted by atomic mass is 19.4. The van der Waals surface area contributed by atoms with E-state index in [-0.39, 0.29) is 29.4 Å². The summed E-state index contributed by atoms with van der Waals surface area (Å²) in [4.78, 5) is 13.0. The first-order chi connectivity index (χ1) is 21.9. The number of hydrogen-bond acceptors (Lipinski definition) is 3. The number of fused-ring (bicyclic) bond motifs is 1. The van der Waals surface area contributed by atoms with Crippen molar-refractivity contribution in [3.05, 3.63) is 99.2 Å². The van der Waals surface area contributed by atoms with Gasteiger partial charge in [-0.15, -0.1) is 0 Å². The normalized spacial score (nSPS) is 14.8. The number of nitrogens with two attached hydrogens (primary N) is 1. The van der Waals surface area contributed by atoms with Gasteiger partial charge in [-0.05, 0) is 61.6 Å². The van der Waals surface area contributed by atoms with Gasteiger partial charge in [0, 0.05) is 30.3 Å². The molecule has 5 rings (SSSR count). The van der Waals surface area contributed by atoms with E-state index in [1.165, 1.54) is 4.68 Å². The van der Waals surface area contributed by atoms with E-state index >= 15 is 8.78 Å². The number of nitrogens with one attached hydrogen (secondary N) is 1. The monoisotopic (exact) mass is 665 g/mol. The topological polar surface area (TPSA) is 76.2 Å². The molecule has 47 heavy (non-hydrogen) atoms. The molecule has 2 heterocycles. The Balaban J connectivity index is 1.71. The number of amides is 2. The maximum Gasteiger partial charge on any atom is 0.416 e. The molecule has 250 valence electrons. The van der Waals surface area contributed by atoms with Gasteiger partial charge < -0.3 is 11.1 Å². The molecule has 0 saturated carbocycles. The number of halogens is 8. The summed E-state index contributed by atoms with van der Waals surface area (Å²) in [6, 6.07) is 7.70. The van der Waals surface area contributed by atoms with Gasteiger partial charge in [0.25, 0.3) is 0 Å². The van der Waals surface area contributed by atoms with Crippen LogP contribution in [0.4, 0.5) is 45.6 Å². The van der Waals surface area contributed by atoms with Crippen LogP contribution in [0.5, 0.6) is 0 Å². The lowest BCUT2D eigenvalue weighted by Crippen LogP contribution is -2.36. The van der Waals surface area contributed by atoms with E-state index in [0.29, 0.717) is 35.9 Å². The fourth-order valence-electron chi connectivity index (χ4n) is 6.13. The quantitative estimate of drug-likeness (QED) is 0.194. The summed E-state index contributed by atoms with van der Waals surface area (Å²) >= 11 is 0. The third kappa shape index (κ3) is 6.18. The first kappa shape index (κ1) is 33.9. The van der Waals surface area contributed by atoms with Crippen molar-refractivity contribution in [3.63, 3.8) is 0 Å². The number of alkyl halides is 6. The summed E-state index contributed by atoms with van der Waals surface area (Å²) < 4.78 is 115. The van der Waals surface area contributed by atoms with Crippen LogP contribution in [0.15, 0.2) is 48.5 Å². The van der Waals surface area contributed by atoms with Crippen molar-refractivity contribution in [1.82, 2.24) is 14.7 Å². The van der Waals surface area contributed by atoms with E-state index < -0.39 is 58.9 Å². The van der Waals surface area contributed by atoms with Crippen LogP contribution >= 0.6 is 0 Å². The van der Waals surface area contributed by atoms with Gasteiger partial charge in [0.1, 0.15) is 11.6 Å². The molecule has 0 saturated heterocycles. The number of hydrogen-bond donors (Lipinski definition) is 2. The van der Waals surface area contributed by atoms with E-state index in [1.54, 1.807) is 18.7 Å². The number of urea groups is 1. The van der Waals surface area contributed by atoms with E-state index in [9.17, 15) is 31.1 Å². The minimum atomic E-state index is -5.07. The van der Waals surface area contributed by atoms with Gasteiger partial charge in [-0.1, -0.05) is 38.1 Å². The minimum absolute atomic E-state index is 0.0892. The number of carbonyl (C=O) groups excluding carboxylic acids is 1. The lowest BCUT2D eigenvalue weighted by atomic mass is 9.97. The molecule has 0 aliphatic carbocycles. The highest BCUT2D eigenvalue weighted by Crippen LogP contribution is 2.47. The SMILES string of the molecule is CCc1cccc(CC)c1-n1nc2c(c1-c1cc(F)c(NC(N)=O)cc1F)CN(Cc1ccc(C(F)(F)F)cc1C(F)(F)F)C2(C)C. The molecule has 0 bridgehead atoms. The van der Waals surface area contributed by atoms with Crippen molar-refractivity contribution >= 4 is 11.7 Å². The van der Waals surface area contributed by atoms with Gasteiger partial charge in [-0.25, -0.2) is 18.3 Å². The Labute approximate surface area is 265 Å². The van der Waals surface area contributed by atoms with Crippen molar-refractivity contribution in [3.8, 4) is 16.9 Å². The Kier molecular flexibility index (Phi) is 8.63. The Hall–Kier alpha value is -4.46. The molecule has 0 unspecified atom stereocenters. The summed E-state index contributed by atoms with van der Waals surface area (Å²) in [6.07, 6.45) is -8.92. The van der Waals surface area contributed by atoms with Crippen molar-refractivity contribution in [2.45, 2.75) is 71.5 Å². The smallest absolute Gasteiger partial charge is 0.351 e. The Morgan fingerprint density at radius 2 is 1.55 bits per heavy atom. The molecular weight excluding hydrogens is 634 g/mol. The average Bonchev–Trinajstić information content (AvgIpc) is 3.46. The predicted octanol–water partition coefficient (Wildman–Crippen LogP) is 8.72. The maximum atomic E-state index is 15.9. The van der Waals surface area contributed by atoms with Crippen molar-refractivity contribution in [1.29, 1.82) is 0 Å². The number of benzene rings is 3. The van der Waals surface area contributed by atoms with Crippen LogP contribution in [0.3, 0.4) is 0 Å². The molecule has 14 heteroatoms. The average molecular weight is 666 g/mol. The number of rotatable bonds is 7. The zero-order valence-corrected chi connectivity index (χ0v) is 25.8. The first-order valence-electron chi connectivity index (χ1n) is 14.7. The minimum Gasteiger partial charge on any atom is -0.351 e. The van der Waals surface area contributed by atoms with Crippen LogP contribution < -0.4 is 11.1 Å². The Bertz CT molecular complexity index is 1840. The molecule has 2 amide bonds. The van der Waals surface area contributed by atoms with Crippen LogP contribution in [0.1, 0.15) is 66.8 Å². The molecule has 0 spiro atoms. The number of aromatic nitrogens is 2. The van der Waals surface area contributed by atoms with Crippen LogP contribution in [-0.4, -0.2) is 20.7 Å². The van der Waals surface area contributed by atoms with Gasteiger partial charge in [0.05, 0.1) is 39.4 Å². The zero-order valence-electron chi connectivity index (χ0n) is 25.8. The van der Waals surface area contributed by atoms with Crippen molar-refractivity contribution in [2.24, 2.45) is 5.73 Å². The van der Waals surface area contributed by atoms with Crippen molar-refractivity contribution in [2.75, 3.05) is 5.32 Å². The van der Waals surface area contributed by atoms with Gasteiger partial charge in [-0.3, -0.25) is 4.90 Å². The number of para-hydroxylation sites is 1. The van der Waals surface area contributed by atoms with Gasteiger partial charge >= 0.3 is 18.4 Å². The van der Waals surface area contributed by atoms with E-state index in [4.69, 9.17) is 10.8 Å². The number of anilines is 1. The zero-order chi connectivity index (χ0) is 34.6. The van der Waals surface area contributed by atoms with Crippen molar-refractivity contribution < 1.29 is 39.9 Å². The van der Waals surface area contributed by atoms with Gasteiger partial charge in [0.2, 0.25) is 0 Å². The predicted molar refractivity (Wildman–Crippen MR) is 160 cm³/mol. The van der Waals surface area contributed by atoms with E-state index in [1.807, 2.05) is 37.4 Å². The second-order valence-electron chi connectivity index (χ2n) is 11.8. The molecule has 1 aliphatic rings. The van der Waals surface area contributed by atoms with Crippen LogP contribution in [0.25, 0.3) is 16.9 Å². The molecule has 0 radical (unpaired) electrons. The largest absolute Gasteiger partial charge is 0.416 e. The van der Waals surface area contributed by atoms with Gasteiger partial charge in [0.15, 0.2) is 0 Å².